The first-order chi connectivity index (χ1) is 9.01. The van der Waals surface area contributed by atoms with Gasteiger partial charge in [-0.3, -0.25) is 4.98 Å². The SMILES string of the molecule is CC(C)[C@@H]1CC[C@@H](C)C[C@@]1(O)/C=C/c1cccnc1. The summed E-state index contributed by atoms with van der Waals surface area (Å²) >= 11 is 0. The van der Waals surface area contributed by atoms with E-state index in [1.54, 1.807) is 6.20 Å². The van der Waals surface area contributed by atoms with Crippen molar-refractivity contribution >= 4 is 6.08 Å². The number of aliphatic hydroxyl groups is 1. The second-order valence-corrected chi connectivity index (χ2v) is 6.35. The summed E-state index contributed by atoms with van der Waals surface area (Å²) in [5.74, 6) is 1.46. The lowest BCUT2D eigenvalue weighted by Gasteiger charge is -2.43. The molecule has 1 aliphatic carbocycles. The van der Waals surface area contributed by atoms with E-state index in [0.717, 1.165) is 18.4 Å². The van der Waals surface area contributed by atoms with E-state index in [1.807, 2.05) is 30.5 Å². The molecule has 1 aromatic rings. The van der Waals surface area contributed by atoms with Gasteiger partial charge in [-0.05, 0) is 42.2 Å². The maximum atomic E-state index is 11.0. The van der Waals surface area contributed by atoms with Crippen molar-refractivity contribution in [2.75, 3.05) is 0 Å². The molecule has 1 aliphatic rings. The molecule has 1 aromatic heterocycles. The Morgan fingerprint density at radius 1 is 1.42 bits per heavy atom. The van der Waals surface area contributed by atoms with Crippen LogP contribution in [-0.2, 0) is 0 Å². The zero-order valence-corrected chi connectivity index (χ0v) is 12.2. The highest BCUT2D eigenvalue weighted by Gasteiger charge is 2.40. The van der Waals surface area contributed by atoms with Crippen molar-refractivity contribution < 1.29 is 5.11 Å². The molecule has 0 radical (unpaired) electrons. The van der Waals surface area contributed by atoms with Gasteiger partial charge in [0.1, 0.15) is 0 Å². The van der Waals surface area contributed by atoms with Crippen LogP contribution in [0.15, 0.2) is 30.6 Å². The van der Waals surface area contributed by atoms with Crippen LogP contribution in [0.1, 0.15) is 45.6 Å². The average Bonchev–Trinajstić information content (AvgIpc) is 2.37. The molecule has 1 saturated carbocycles. The van der Waals surface area contributed by atoms with Crippen LogP contribution in [0.3, 0.4) is 0 Å². The number of aromatic nitrogens is 1. The third kappa shape index (κ3) is 3.44. The molecule has 0 saturated heterocycles. The molecule has 1 fully saturated rings. The van der Waals surface area contributed by atoms with Crippen LogP contribution in [0.25, 0.3) is 6.08 Å². The van der Waals surface area contributed by atoms with E-state index >= 15 is 0 Å². The van der Waals surface area contributed by atoms with Crippen molar-refractivity contribution in [3.63, 3.8) is 0 Å². The number of rotatable bonds is 3. The molecule has 19 heavy (non-hydrogen) atoms. The molecule has 0 aromatic carbocycles. The average molecular weight is 259 g/mol. The fourth-order valence-electron chi connectivity index (χ4n) is 3.34. The van der Waals surface area contributed by atoms with Crippen LogP contribution in [0, 0.1) is 17.8 Å². The highest BCUT2D eigenvalue weighted by Crippen LogP contribution is 2.42. The van der Waals surface area contributed by atoms with E-state index in [2.05, 4.69) is 25.8 Å². The molecular formula is C17H25NO. The second kappa shape index (κ2) is 5.87. The topological polar surface area (TPSA) is 33.1 Å². The van der Waals surface area contributed by atoms with Gasteiger partial charge in [-0.25, -0.2) is 0 Å². The molecule has 2 nitrogen and oxygen atoms in total. The molecule has 2 heteroatoms. The summed E-state index contributed by atoms with van der Waals surface area (Å²) in [7, 11) is 0. The van der Waals surface area contributed by atoms with Gasteiger partial charge in [0, 0.05) is 12.4 Å². The molecular weight excluding hydrogens is 234 g/mol. The Labute approximate surface area is 116 Å². The van der Waals surface area contributed by atoms with Gasteiger partial charge in [0.15, 0.2) is 0 Å². The standard InChI is InChI=1S/C17H25NO/c1-13(2)16-7-6-14(3)11-17(16,19)9-8-15-5-4-10-18-12-15/h4-5,8-10,12-14,16,19H,6-7,11H2,1-3H3/b9-8+/t14-,16+,17+/m1/s1. The van der Waals surface area contributed by atoms with Crippen LogP contribution in [0.5, 0.6) is 0 Å². The predicted molar refractivity (Wildman–Crippen MR) is 79.6 cm³/mol. The van der Waals surface area contributed by atoms with Crippen molar-refractivity contribution in [1.82, 2.24) is 4.98 Å². The van der Waals surface area contributed by atoms with Gasteiger partial charge in [0.2, 0.25) is 0 Å². The maximum Gasteiger partial charge on any atom is 0.0863 e. The van der Waals surface area contributed by atoms with Crippen molar-refractivity contribution in [2.24, 2.45) is 17.8 Å². The first-order valence-corrected chi connectivity index (χ1v) is 7.33. The fourth-order valence-corrected chi connectivity index (χ4v) is 3.34. The number of pyridine rings is 1. The monoisotopic (exact) mass is 259 g/mol. The van der Waals surface area contributed by atoms with Gasteiger partial charge in [-0.2, -0.15) is 0 Å². The van der Waals surface area contributed by atoms with Crippen LogP contribution < -0.4 is 0 Å². The normalized spacial score (nSPS) is 32.1. The lowest BCUT2D eigenvalue weighted by molar-refractivity contribution is -0.0401. The number of hydrogen-bond donors (Lipinski definition) is 1. The minimum absolute atomic E-state index is 0.358. The predicted octanol–water partition coefficient (Wildman–Crippen LogP) is 3.92. The highest BCUT2D eigenvalue weighted by atomic mass is 16.3. The molecule has 2 rings (SSSR count). The zero-order chi connectivity index (χ0) is 13.9. The smallest absolute Gasteiger partial charge is 0.0863 e. The molecule has 0 unspecified atom stereocenters. The first kappa shape index (κ1) is 14.3. The van der Waals surface area contributed by atoms with E-state index in [9.17, 15) is 5.11 Å². The Kier molecular flexibility index (Phi) is 4.41. The van der Waals surface area contributed by atoms with Gasteiger partial charge >= 0.3 is 0 Å². The van der Waals surface area contributed by atoms with Crippen LogP contribution in [-0.4, -0.2) is 15.7 Å². The highest BCUT2D eigenvalue weighted by molar-refractivity contribution is 5.49. The Morgan fingerprint density at radius 2 is 2.21 bits per heavy atom. The third-order valence-electron chi connectivity index (χ3n) is 4.34. The minimum Gasteiger partial charge on any atom is -0.385 e. The van der Waals surface area contributed by atoms with Crippen molar-refractivity contribution in [3.8, 4) is 0 Å². The maximum absolute atomic E-state index is 11.0. The second-order valence-electron chi connectivity index (χ2n) is 6.35. The summed E-state index contributed by atoms with van der Waals surface area (Å²) in [5.41, 5.74) is 0.387. The Hall–Kier alpha value is -1.15. The lowest BCUT2D eigenvalue weighted by atomic mass is 9.67. The van der Waals surface area contributed by atoms with Crippen molar-refractivity contribution in [2.45, 2.75) is 45.6 Å². The summed E-state index contributed by atoms with van der Waals surface area (Å²) in [6.45, 7) is 6.66. The van der Waals surface area contributed by atoms with Gasteiger partial charge in [-0.1, -0.05) is 45.4 Å². The Morgan fingerprint density at radius 3 is 2.84 bits per heavy atom. The van der Waals surface area contributed by atoms with Crippen LogP contribution in [0.4, 0.5) is 0 Å². The largest absolute Gasteiger partial charge is 0.385 e. The molecule has 0 bridgehead atoms. The van der Waals surface area contributed by atoms with Gasteiger partial charge in [0.05, 0.1) is 5.60 Å². The van der Waals surface area contributed by atoms with Gasteiger partial charge in [0.25, 0.3) is 0 Å². The molecule has 3 atom stereocenters. The summed E-state index contributed by atoms with van der Waals surface area (Å²) in [6.07, 6.45) is 10.8. The van der Waals surface area contributed by atoms with Crippen LogP contribution >= 0.6 is 0 Å². The zero-order valence-electron chi connectivity index (χ0n) is 12.2. The van der Waals surface area contributed by atoms with E-state index < -0.39 is 5.60 Å². The Bertz CT molecular complexity index is 426. The van der Waals surface area contributed by atoms with Gasteiger partial charge in [-0.15, -0.1) is 0 Å². The molecule has 1 heterocycles. The lowest BCUT2D eigenvalue weighted by Crippen LogP contribution is -2.43. The molecule has 104 valence electrons. The number of hydrogen-bond acceptors (Lipinski definition) is 2. The van der Waals surface area contributed by atoms with Gasteiger partial charge < -0.3 is 5.11 Å². The molecule has 0 amide bonds. The first-order valence-electron chi connectivity index (χ1n) is 7.33. The van der Waals surface area contributed by atoms with E-state index in [4.69, 9.17) is 0 Å². The van der Waals surface area contributed by atoms with Crippen LogP contribution in [0.2, 0.25) is 0 Å². The van der Waals surface area contributed by atoms with E-state index in [-0.39, 0.29) is 0 Å². The summed E-state index contributed by atoms with van der Waals surface area (Å²) in [6, 6.07) is 3.94. The molecule has 0 spiro atoms. The molecule has 1 N–H and O–H groups in total. The van der Waals surface area contributed by atoms with Crippen molar-refractivity contribution in [3.05, 3.63) is 36.2 Å². The summed E-state index contributed by atoms with van der Waals surface area (Å²) in [4.78, 5) is 4.11. The quantitative estimate of drug-likeness (QED) is 0.892. The summed E-state index contributed by atoms with van der Waals surface area (Å²) in [5, 5.41) is 11.0. The van der Waals surface area contributed by atoms with E-state index in [0.29, 0.717) is 17.8 Å². The third-order valence-corrected chi connectivity index (χ3v) is 4.34. The van der Waals surface area contributed by atoms with E-state index in [1.165, 1.54) is 6.42 Å². The van der Waals surface area contributed by atoms with Crippen molar-refractivity contribution in [1.29, 1.82) is 0 Å². The minimum atomic E-state index is -0.665. The fraction of sp³-hybridized carbons (Fsp3) is 0.588. The number of nitrogens with zero attached hydrogens (tertiary/aromatic N) is 1. The summed E-state index contributed by atoms with van der Waals surface area (Å²) < 4.78 is 0. The Balaban J connectivity index is 2.20. The molecule has 0 aliphatic heterocycles.